The molecule has 2 heterocycles. The van der Waals surface area contributed by atoms with Gasteiger partial charge in [-0.2, -0.15) is 9.40 Å². The number of nitrogens with zero attached hydrogens (tertiary/aromatic N) is 2. The van der Waals surface area contributed by atoms with E-state index in [0.717, 1.165) is 30.5 Å². The van der Waals surface area contributed by atoms with E-state index >= 15 is 0 Å². The Bertz CT molecular complexity index is 577. The maximum absolute atomic E-state index is 13.0. The highest BCUT2D eigenvalue weighted by Gasteiger charge is 2.37. The monoisotopic (exact) mass is 313 g/mol. The maximum atomic E-state index is 13.0. The zero-order valence-corrected chi connectivity index (χ0v) is 14.3. The number of sulfonamides is 1. The van der Waals surface area contributed by atoms with Gasteiger partial charge in [0.2, 0.25) is 10.0 Å². The topological polar surface area (TPSA) is 66.1 Å². The van der Waals surface area contributed by atoms with Crippen molar-refractivity contribution in [1.82, 2.24) is 14.5 Å². The number of aromatic nitrogens is 2. The van der Waals surface area contributed by atoms with Gasteiger partial charge in [-0.1, -0.05) is 34.1 Å². The van der Waals surface area contributed by atoms with Gasteiger partial charge in [0, 0.05) is 24.3 Å². The second-order valence-electron chi connectivity index (χ2n) is 6.85. The normalized spacial score (nSPS) is 20.8. The lowest BCUT2D eigenvalue weighted by atomic mass is 9.88. The zero-order valence-electron chi connectivity index (χ0n) is 13.5. The van der Waals surface area contributed by atoms with Crippen LogP contribution in [0.2, 0.25) is 0 Å². The summed E-state index contributed by atoms with van der Waals surface area (Å²) in [5, 5.41) is 6.83. The predicted octanol–water partition coefficient (Wildman–Crippen LogP) is 2.70. The first-order valence-corrected chi connectivity index (χ1v) is 9.30. The molecule has 0 bridgehead atoms. The van der Waals surface area contributed by atoms with E-state index in [0.29, 0.717) is 19.5 Å². The van der Waals surface area contributed by atoms with Crippen molar-refractivity contribution in [3.05, 3.63) is 17.5 Å². The van der Waals surface area contributed by atoms with Gasteiger partial charge in [-0.05, 0) is 24.7 Å². The standard InChI is InChI=1S/C15H27N3O2S/c1-5-7-13(6-2)21(19,20)18-10-12-9-16-17-14(12)8-15(3,4)11-18/h9,13H,5-8,10-11H2,1-4H3,(H,16,17). The molecular formula is C15H27N3O2S. The summed E-state index contributed by atoms with van der Waals surface area (Å²) in [7, 11) is -3.26. The van der Waals surface area contributed by atoms with Crippen LogP contribution in [0.4, 0.5) is 0 Å². The first-order chi connectivity index (χ1) is 9.80. The lowest BCUT2D eigenvalue weighted by molar-refractivity contribution is 0.262. The number of hydrogen-bond donors (Lipinski definition) is 1. The highest BCUT2D eigenvalue weighted by Crippen LogP contribution is 2.32. The van der Waals surface area contributed by atoms with Crippen molar-refractivity contribution < 1.29 is 8.42 Å². The maximum Gasteiger partial charge on any atom is 0.217 e. The molecule has 120 valence electrons. The fourth-order valence-corrected chi connectivity index (χ4v) is 5.39. The van der Waals surface area contributed by atoms with Gasteiger partial charge in [0.25, 0.3) is 0 Å². The number of nitrogens with one attached hydrogen (secondary N) is 1. The Morgan fingerprint density at radius 1 is 1.43 bits per heavy atom. The predicted molar refractivity (Wildman–Crippen MR) is 84.4 cm³/mol. The van der Waals surface area contributed by atoms with Gasteiger partial charge in [-0.15, -0.1) is 0 Å². The molecule has 0 aromatic carbocycles. The molecule has 1 atom stereocenters. The lowest BCUT2D eigenvalue weighted by Crippen LogP contribution is -2.42. The summed E-state index contributed by atoms with van der Waals surface area (Å²) < 4.78 is 27.6. The minimum Gasteiger partial charge on any atom is -0.282 e. The SMILES string of the molecule is CCCC(CC)S(=O)(=O)N1Cc2cn[nH]c2CC(C)(C)C1. The summed E-state index contributed by atoms with van der Waals surface area (Å²) in [4.78, 5) is 0. The molecule has 1 aliphatic rings. The fourth-order valence-electron chi connectivity index (χ4n) is 3.16. The van der Waals surface area contributed by atoms with Crippen LogP contribution >= 0.6 is 0 Å². The Kier molecular flexibility index (Phi) is 4.78. The average Bonchev–Trinajstić information content (AvgIpc) is 2.75. The Balaban J connectivity index is 2.34. The first kappa shape index (κ1) is 16.5. The molecule has 1 N–H and O–H groups in total. The van der Waals surface area contributed by atoms with Crippen LogP contribution in [0.5, 0.6) is 0 Å². The summed E-state index contributed by atoms with van der Waals surface area (Å²) in [6.07, 6.45) is 4.89. The number of H-pyrrole nitrogens is 1. The third kappa shape index (κ3) is 3.48. The van der Waals surface area contributed by atoms with Crippen LogP contribution in [0.1, 0.15) is 58.2 Å². The van der Waals surface area contributed by atoms with Crippen molar-refractivity contribution in [2.45, 2.75) is 65.2 Å². The quantitative estimate of drug-likeness (QED) is 0.909. The van der Waals surface area contributed by atoms with Crippen molar-refractivity contribution in [2.24, 2.45) is 5.41 Å². The summed E-state index contributed by atoms with van der Waals surface area (Å²) in [5.41, 5.74) is 1.99. The Hall–Kier alpha value is -0.880. The molecule has 21 heavy (non-hydrogen) atoms. The largest absolute Gasteiger partial charge is 0.282 e. The molecule has 1 unspecified atom stereocenters. The molecule has 0 saturated carbocycles. The van der Waals surface area contributed by atoms with Gasteiger partial charge in [0.1, 0.15) is 0 Å². The van der Waals surface area contributed by atoms with Crippen LogP contribution in [0.3, 0.4) is 0 Å². The summed E-state index contributed by atoms with van der Waals surface area (Å²) in [5.74, 6) is 0. The molecule has 0 spiro atoms. The van der Waals surface area contributed by atoms with Crippen LogP contribution in [-0.2, 0) is 23.0 Å². The van der Waals surface area contributed by atoms with E-state index in [9.17, 15) is 8.42 Å². The molecule has 2 rings (SSSR count). The molecular weight excluding hydrogens is 286 g/mol. The van der Waals surface area contributed by atoms with Crippen molar-refractivity contribution in [3.8, 4) is 0 Å². The number of fused-ring (bicyclic) bond motifs is 1. The molecule has 0 amide bonds. The fraction of sp³-hybridized carbons (Fsp3) is 0.800. The van der Waals surface area contributed by atoms with E-state index < -0.39 is 10.0 Å². The molecule has 5 nitrogen and oxygen atoms in total. The van der Waals surface area contributed by atoms with Gasteiger partial charge in [-0.25, -0.2) is 8.42 Å². The van der Waals surface area contributed by atoms with Gasteiger partial charge in [0.05, 0.1) is 11.4 Å². The first-order valence-electron chi connectivity index (χ1n) is 7.80. The van der Waals surface area contributed by atoms with E-state index in [-0.39, 0.29) is 10.7 Å². The highest BCUT2D eigenvalue weighted by atomic mass is 32.2. The second kappa shape index (κ2) is 6.08. The number of hydrogen-bond acceptors (Lipinski definition) is 3. The highest BCUT2D eigenvalue weighted by molar-refractivity contribution is 7.89. The molecule has 1 aliphatic heterocycles. The van der Waals surface area contributed by atoms with Gasteiger partial charge in [0.15, 0.2) is 0 Å². The molecule has 1 aromatic rings. The van der Waals surface area contributed by atoms with Crippen LogP contribution in [-0.4, -0.2) is 34.7 Å². The molecule has 1 aromatic heterocycles. The van der Waals surface area contributed by atoms with E-state index in [1.807, 2.05) is 13.8 Å². The van der Waals surface area contributed by atoms with E-state index in [2.05, 4.69) is 24.0 Å². The van der Waals surface area contributed by atoms with Crippen molar-refractivity contribution in [3.63, 3.8) is 0 Å². The summed E-state index contributed by atoms with van der Waals surface area (Å²) >= 11 is 0. The average molecular weight is 313 g/mol. The smallest absolute Gasteiger partial charge is 0.217 e. The number of aromatic amines is 1. The van der Waals surface area contributed by atoms with Crippen molar-refractivity contribution >= 4 is 10.0 Å². The molecule has 0 aliphatic carbocycles. The van der Waals surface area contributed by atoms with E-state index in [4.69, 9.17) is 0 Å². The Morgan fingerprint density at radius 3 is 2.76 bits per heavy atom. The zero-order chi connectivity index (χ0) is 15.7. The minimum atomic E-state index is -3.26. The van der Waals surface area contributed by atoms with E-state index in [1.165, 1.54) is 0 Å². The molecule has 0 saturated heterocycles. The van der Waals surface area contributed by atoms with Crippen LogP contribution in [0, 0.1) is 5.41 Å². The molecule has 0 fully saturated rings. The van der Waals surface area contributed by atoms with Crippen LogP contribution in [0.25, 0.3) is 0 Å². The summed E-state index contributed by atoms with van der Waals surface area (Å²) in [6.45, 7) is 9.25. The minimum absolute atomic E-state index is 0.0879. The molecule has 0 radical (unpaired) electrons. The third-order valence-electron chi connectivity index (χ3n) is 4.26. The van der Waals surface area contributed by atoms with Crippen molar-refractivity contribution in [2.75, 3.05) is 6.54 Å². The Labute approximate surface area is 128 Å². The lowest BCUT2D eigenvalue weighted by Gasteiger charge is -2.31. The van der Waals surface area contributed by atoms with Crippen LogP contribution < -0.4 is 0 Å². The van der Waals surface area contributed by atoms with Gasteiger partial charge >= 0.3 is 0 Å². The second-order valence-corrected chi connectivity index (χ2v) is 9.06. The number of rotatable bonds is 5. The van der Waals surface area contributed by atoms with Gasteiger partial charge in [-0.3, -0.25) is 5.10 Å². The van der Waals surface area contributed by atoms with Crippen molar-refractivity contribution in [1.29, 1.82) is 0 Å². The van der Waals surface area contributed by atoms with Gasteiger partial charge < -0.3 is 0 Å². The molecule has 6 heteroatoms. The van der Waals surface area contributed by atoms with E-state index in [1.54, 1.807) is 10.5 Å². The van der Waals surface area contributed by atoms with Crippen LogP contribution in [0.15, 0.2) is 6.20 Å². The summed E-state index contributed by atoms with van der Waals surface area (Å²) in [6, 6.07) is 0. The third-order valence-corrected chi connectivity index (χ3v) is 6.65. The Morgan fingerprint density at radius 2 is 2.14 bits per heavy atom.